The lowest BCUT2D eigenvalue weighted by Crippen LogP contribution is -2.33. The number of carbonyl (C=O) groups excluding carboxylic acids is 2. The van der Waals surface area contributed by atoms with Gasteiger partial charge >= 0.3 is 5.97 Å². The molecule has 2 heterocycles. The summed E-state index contributed by atoms with van der Waals surface area (Å²) in [7, 11) is 0. The Balaban J connectivity index is 1.68. The Morgan fingerprint density at radius 1 is 1.28 bits per heavy atom. The van der Waals surface area contributed by atoms with Crippen molar-refractivity contribution in [3.63, 3.8) is 0 Å². The minimum Gasteiger partial charge on any atom is -0.451 e. The van der Waals surface area contributed by atoms with E-state index in [1.807, 2.05) is 50.2 Å². The highest BCUT2D eigenvalue weighted by molar-refractivity contribution is 6.01. The van der Waals surface area contributed by atoms with Gasteiger partial charge in [-0.1, -0.05) is 25.1 Å². The number of para-hydroxylation sites is 1. The fourth-order valence-corrected chi connectivity index (χ4v) is 3.71. The maximum atomic E-state index is 12.5. The van der Waals surface area contributed by atoms with Crippen molar-refractivity contribution in [2.24, 2.45) is 0 Å². The monoisotopic (exact) mass is 391 g/mol. The fourth-order valence-electron chi connectivity index (χ4n) is 3.71. The van der Waals surface area contributed by atoms with Gasteiger partial charge in [0.15, 0.2) is 6.61 Å². The molecule has 1 aromatic heterocycles. The van der Waals surface area contributed by atoms with Crippen LogP contribution >= 0.6 is 0 Å². The smallest absolute Gasteiger partial charge is 0.349 e. The number of aromatic nitrogens is 1. The van der Waals surface area contributed by atoms with Crippen LogP contribution in [0.4, 0.5) is 5.69 Å². The second-order valence-electron chi connectivity index (χ2n) is 7.15. The second kappa shape index (κ2) is 8.78. The molecule has 0 aliphatic carbocycles. The molecule has 150 valence electrons. The highest BCUT2D eigenvalue weighted by Gasteiger charge is 2.25. The molecule has 1 amide bonds. The van der Waals surface area contributed by atoms with Gasteiger partial charge in [-0.25, -0.2) is 4.79 Å². The molecule has 2 aromatic rings. The summed E-state index contributed by atoms with van der Waals surface area (Å²) in [5, 5.41) is 9.41. The summed E-state index contributed by atoms with van der Waals surface area (Å²) in [5.74, 6) is -1.07. The van der Waals surface area contributed by atoms with Crippen LogP contribution in [0.2, 0.25) is 0 Å². The Hall–Kier alpha value is -3.33. The minimum absolute atomic E-state index is 0.114. The van der Waals surface area contributed by atoms with Gasteiger partial charge in [-0.3, -0.25) is 4.79 Å². The summed E-state index contributed by atoms with van der Waals surface area (Å²) in [6.45, 7) is 7.12. The Morgan fingerprint density at radius 2 is 2.03 bits per heavy atom. The number of esters is 1. The molecule has 0 atom stereocenters. The van der Waals surface area contributed by atoms with Gasteiger partial charge in [-0.05, 0) is 56.0 Å². The first-order chi connectivity index (χ1) is 14.0. The van der Waals surface area contributed by atoms with E-state index in [1.54, 1.807) is 4.90 Å². The fraction of sp³-hybridized carbons (Fsp3) is 0.348. The SMILES string of the molecule is CCCn1c(C)cc(C=C(C#N)C(=O)OCC(=O)N2CCc3ccccc32)c1C. The van der Waals surface area contributed by atoms with E-state index in [1.165, 1.54) is 6.08 Å². The molecule has 0 radical (unpaired) electrons. The molecule has 6 heteroatoms. The molecule has 1 aliphatic heterocycles. The van der Waals surface area contributed by atoms with Crippen LogP contribution in [0.15, 0.2) is 35.9 Å². The Morgan fingerprint density at radius 3 is 2.76 bits per heavy atom. The molecule has 29 heavy (non-hydrogen) atoms. The van der Waals surface area contributed by atoms with Crippen molar-refractivity contribution in [2.45, 2.75) is 40.2 Å². The molecule has 1 aliphatic rings. The van der Waals surface area contributed by atoms with Gasteiger partial charge in [-0.2, -0.15) is 5.26 Å². The summed E-state index contributed by atoms with van der Waals surface area (Å²) in [5.41, 5.74) is 4.72. The van der Waals surface area contributed by atoms with Gasteiger partial charge in [-0.15, -0.1) is 0 Å². The van der Waals surface area contributed by atoms with Gasteiger partial charge in [0.2, 0.25) is 0 Å². The average Bonchev–Trinajstić information content (AvgIpc) is 3.26. The quantitative estimate of drug-likeness (QED) is 0.429. The Labute approximate surface area is 171 Å². The van der Waals surface area contributed by atoms with E-state index >= 15 is 0 Å². The van der Waals surface area contributed by atoms with E-state index in [9.17, 15) is 14.9 Å². The van der Waals surface area contributed by atoms with Crippen LogP contribution in [-0.2, 0) is 27.3 Å². The number of nitriles is 1. The summed E-state index contributed by atoms with van der Waals surface area (Å²) >= 11 is 0. The van der Waals surface area contributed by atoms with Crippen LogP contribution < -0.4 is 4.90 Å². The van der Waals surface area contributed by atoms with Crippen LogP contribution in [-0.4, -0.2) is 29.6 Å². The zero-order valence-corrected chi connectivity index (χ0v) is 17.1. The van der Waals surface area contributed by atoms with Gasteiger partial charge in [0, 0.05) is 30.2 Å². The molecule has 0 fully saturated rings. The number of amides is 1. The maximum Gasteiger partial charge on any atom is 0.349 e. The second-order valence-corrected chi connectivity index (χ2v) is 7.15. The van der Waals surface area contributed by atoms with Crippen molar-refractivity contribution in [3.8, 4) is 6.07 Å². The van der Waals surface area contributed by atoms with Crippen LogP contribution in [0.3, 0.4) is 0 Å². The van der Waals surface area contributed by atoms with E-state index in [-0.39, 0.29) is 18.1 Å². The third-order valence-corrected chi connectivity index (χ3v) is 5.22. The van der Waals surface area contributed by atoms with Gasteiger partial charge in [0.1, 0.15) is 11.6 Å². The summed E-state index contributed by atoms with van der Waals surface area (Å²) in [4.78, 5) is 26.5. The number of nitrogens with zero attached hydrogens (tertiary/aromatic N) is 3. The molecular weight excluding hydrogens is 366 g/mol. The number of carbonyl (C=O) groups is 2. The first-order valence-electron chi connectivity index (χ1n) is 9.80. The predicted molar refractivity (Wildman–Crippen MR) is 111 cm³/mol. The zero-order valence-electron chi connectivity index (χ0n) is 17.1. The number of benzene rings is 1. The average molecular weight is 391 g/mol. The topological polar surface area (TPSA) is 75.3 Å². The number of anilines is 1. The molecule has 0 spiro atoms. The highest BCUT2D eigenvalue weighted by Crippen LogP contribution is 2.27. The largest absolute Gasteiger partial charge is 0.451 e. The van der Waals surface area contributed by atoms with Crippen molar-refractivity contribution >= 4 is 23.6 Å². The van der Waals surface area contributed by atoms with Crippen molar-refractivity contribution in [1.82, 2.24) is 4.57 Å². The molecule has 0 saturated heterocycles. The Kier molecular flexibility index (Phi) is 6.18. The van der Waals surface area contributed by atoms with Crippen LogP contribution in [0.1, 0.15) is 35.9 Å². The lowest BCUT2D eigenvalue weighted by atomic mass is 10.1. The summed E-state index contributed by atoms with van der Waals surface area (Å²) < 4.78 is 7.31. The lowest BCUT2D eigenvalue weighted by Gasteiger charge is -2.17. The molecule has 0 bridgehead atoms. The van der Waals surface area contributed by atoms with E-state index in [4.69, 9.17) is 4.74 Å². The molecule has 0 N–H and O–H groups in total. The first-order valence-corrected chi connectivity index (χ1v) is 9.80. The summed E-state index contributed by atoms with van der Waals surface area (Å²) in [6.07, 6.45) is 3.31. The Bertz CT molecular complexity index is 1010. The van der Waals surface area contributed by atoms with Crippen LogP contribution in [0.25, 0.3) is 6.08 Å². The zero-order chi connectivity index (χ0) is 21.0. The number of hydrogen-bond acceptors (Lipinski definition) is 4. The summed E-state index contributed by atoms with van der Waals surface area (Å²) in [6, 6.07) is 11.5. The van der Waals surface area contributed by atoms with Gasteiger partial charge < -0.3 is 14.2 Å². The molecule has 6 nitrogen and oxygen atoms in total. The standard InChI is InChI=1S/C23H25N3O3/c1-4-10-25-16(2)12-19(17(25)3)13-20(14-24)23(28)29-15-22(27)26-11-9-18-7-5-6-8-21(18)26/h5-8,12-13H,4,9-11,15H2,1-3H3. The number of hydrogen-bond donors (Lipinski definition) is 0. The van der Waals surface area contributed by atoms with Crippen molar-refractivity contribution in [1.29, 1.82) is 5.26 Å². The predicted octanol–water partition coefficient (Wildman–Crippen LogP) is 3.55. The third-order valence-electron chi connectivity index (χ3n) is 5.22. The minimum atomic E-state index is -0.784. The first kappa shape index (κ1) is 20.4. The molecule has 0 unspecified atom stereocenters. The molecule has 3 rings (SSSR count). The highest BCUT2D eigenvalue weighted by atomic mass is 16.5. The van der Waals surface area contributed by atoms with Crippen molar-refractivity contribution in [3.05, 3.63) is 58.4 Å². The van der Waals surface area contributed by atoms with Gasteiger partial charge in [0.05, 0.1) is 0 Å². The number of aryl methyl sites for hydroxylation is 1. The van der Waals surface area contributed by atoms with Crippen molar-refractivity contribution in [2.75, 3.05) is 18.1 Å². The molecular formula is C23H25N3O3. The van der Waals surface area contributed by atoms with E-state index in [2.05, 4.69) is 11.5 Å². The van der Waals surface area contributed by atoms with Crippen LogP contribution in [0.5, 0.6) is 0 Å². The van der Waals surface area contributed by atoms with E-state index < -0.39 is 5.97 Å². The van der Waals surface area contributed by atoms with Crippen LogP contribution in [0, 0.1) is 25.2 Å². The third kappa shape index (κ3) is 4.24. The van der Waals surface area contributed by atoms with Crippen molar-refractivity contribution < 1.29 is 14.3 Å². The molecule has 0 saturated carbocycles. The van der Waals surface area contributed by atoms with Gasteiger partial charge in [0.25, 0.3) is 5.91 Å². The number of ether oxygens (including phenoxy) is 1. The molecule has 1 aromatic carbocycles. The van der Waals surface area contributed by atoms with E-state index in [0.717, 1.165) is 47.6 Å². The number of rotatable bonds is 6. The van der Waals surface area contributed by atoms with E-state index in [0.29, 0.717) is 6.54 Å². The number of fused-ring (bicyclic) bond motifs is 1. The normalized spacial score (nSPS) is 13.2. The maximum absolute atomic E-state index is 12.5. The lowest BCUT2D eigenvalue weighted by molar-refractivity contribution is -0.143.